The molecule has 0 aromatic heterocycles. The van der Waals surface area contributed by atoms with Crippen molar-refractivity contribution in [3.8, 4) is 11.5 Å². The molecular formula is C31H33ClN2O5. The van der Waals surface area contributed by atoms with Crippen molar-refractivity contribution in [3.63, 3.8) is 0 Å². The fraction of sp³-hybridized carbons (Fsp3) is 0.387. The fourth-order valence-corrected chi connectivity index (χ4v) is 5.94. The number of carbonyl (C=O) groups excluding carboxylic acids is 3. The van der Waals surface area contributed by atoms with Crippen molar-refractivity contribution >= 4 is 34.8 Å². The van der Waals surface area contributed by atoms with Gasteiger partial charge >= 0.3 is 0 Å². The van der Waals surface area contributed by atoms with Crippen LogP contribution in [0.25, 0.3) is 0 Å². The molecule has 1 heterocycles. The summed E-state index contributed by atoms with van der Waals surface area (Å²) < 4.78 is 11.8. The van der Waals surface area contributed by atoms with Crippen LogP contribution in [0.15, 0.2) is 52.9 Å². The van der Waals surface area contributed by atoms with Crippen molar-refractivity contribution in [2.45, 2.75) is 65.2 Å². The number of aryl methyl sites for hydroxylation is 2. The maximum atomic E-state index is 13.2. The molecule has 204 valence electrons. The average molecular weight is 549 g/mol. The minimum atomic E-state index is -0.504. The zero-order chi connectivity index (χ0) is 27.7. The van der Waals surface area contributed by atoms with Crippen LogP contribution in [0, 0.1) is 13.8 Å². The summed E-state index contributed by atoms with van der Waals surface area (Å²) in [6.45, 7) is 5.82. The quantitative estimate of drug-likeness (QED) is 0.436. The van der Waals surface area contributed by atoms with Gasteiger partial charge in [0.25, 0.3) is 5.91 Å². The number of hydrogen-bond donors (Lipinski definition) is 2. The van der Waals surface area contributed by atoms with Crippen molar-refractivity contribution in [1.29, 1.82) is 0 Å². The maximum absolute atomic E-state index is 13.2. The highest BCUT2D eigenvalue weighted by atomic mass is 35.5. The second-order valence-electron chi connectivity index (χ2n) is 10.3. The van der Waals surface area contributed by atoms with E-state index in [0.717, 1.165) is 53.9 Å². The van der Waals surface area contributed by atoms with Crippen LogP contribution in [0.5, 0.6) is 11.5 Å². The Morgan fingerprint density at radius 1 is 0.974 bits per heavy atom. The Kier molecular flexibility index (Phi) is 7.80. The molecule has 5 rings (SSSR count). The molecule has 39 heavy (non-hydrogen) atoms. The van der Waals surface area contributed by atoms with Crippen molar-refractivity contribution in [3.05, 3.63) is 74.6 Å². The maximum Gasteiger partial charge on any atom is 0.262 e. The highest BCUT2D eigenvalue weighted by molar-refractivity contribution is 6.32. The zero-order valence-corrected chi connectivity index (χ0v) is 23.3. The van der Waals surface area contributed by atoms with Gasteiger partial charge in [-0.25, -0.2) is 0 Å². The Labute approximate surface area is 233 Å². The lowest BCUT2D eigenvalue weighted by atomic mass is 9.71. The molecule has 0 radical (unpaired) electrons. The van der Waals surface area contributed by atoms with Crippen molar-refractivity contribution in [2.24, 2.45) is 0 Å². The van der Waals surface area contributed by atoms with Crippen LogP contribution >= 0.6 is 11.6 Å². The normalized spacial score (nSPS) is 17.4. The molecule has 7 nitrogen and oxygen atoms in total. The highest BCUT2D eigenvalue weighted by Gasteiger charge is 2.40. The van der Waals surface area contributed by atoms with Gasteiger partial charge in [0, 0.05) is 47.0 Å². The van der Waals surface area contributed by atoms with Crippen LogP contribution in [-0.2, 0) is 14.4 Å². The molecule has 0 unspecified atom stereocenters. The van der Waals surface area contributed by atoms with E-state index in [-0.39, 0.29) is 34.9 Å². The number of anilines is 1. The van der Waals surface area contributed by atoms with Crippen molar-refractivity contribution in [2.75, 3.05) is 18.5 Å². The van der Waals surface area contributed by atoms with E-state index in [1.165, 1.54) is 0 Å². The summed E-state index contributed by atoms with van der Waals surface area (Å²) >= 11 is 6.75. The second-order valence-corrected chi connectivity index (χ2v) is 10.7. The first kappa shape index (κ1) is 27.0. The van der Waals surface area contributed by atoms with Crippen LogP contribution in [0.1, 0.15) is 68.1 Å². The number of hydrogen-bond acceptors (Lipinski definition) is 6. The highest BCUT2D eigenvalue weighted by Crippen LogP contribution is 2.48. The molecule has 1 amide bonds. The molecule has 8 heteroatoms. The number of ether oxygens (including phenoxy) is 2. The van der Waals surface area contributed by atoms with Crippen molar-refractivity contribution < 1.29 is 23.9 Å². The number of allylic oxidation sites excluding steroid dienone is 4. The number of ketones is 2. The van der Waals surface area contributed by atoms with Crippen LogP contribution in [0.2, 0.25) is 5.02 Å². The summed E-state index contributed by atoms with van der Waals surface area (Å²) in [5, 5.41) is 6.57. The lowest BCUT2D eigenvalue weighted by Crippen LogP contribution is -2.36. The van der Waals surface area contributed by atoms with E-state index >= 15 is 0 Å². The van der Waals surface area contributed by atoms with Gasteiger partial charge in [0.1, 0.15) is 0 Å². The fourth-order valence-electron chi connectivity index (χ4n) is 5.67. The van der Waals surface area contributed by atoms with E-state index in [0.29, 0.717) is 41.9 Å². The Bertz CT molecular complexity index is 1380. The van der Waals surface area contributed by atoms with Crippen LogP contribution in [-0.4, -0.2) is 30.7 Å². The summed E-state index contributed by atoms with van der Waals surface area (Å²) in [4.78, 5) is 39.0. The third kappa shape index (κ3) is 5.46. The van der Waals surface area contributed by atoms with Gasteiger partial charge in [0.05, 0.1) is 11.6 Å². The van der Waals surface area contributed by atoms with E-state index in [1.54, 1.807) is 12.1 Å². The summed E-state index contributed by atoms with van der Waals surface area (Å²) in [6, 6.07) is 9.37. The van der Waals surface area contributed by atoms with Gasteiger partial charge in [-0.2, -0.15) is 0 Å². The zero-order valence-electron chi connectivity index (χ0n) is 22.5. The minimum absolute atomic E-state index is 0.0520. The monoisotopic (exact) mass is 548 g/mol. The molecule has 0 atom stereocenters. The van der Waals surface area contributed by atoms with Gasteiger partial charge in [-0.15, -0.1) is 0 Å². The van der Waals surface area contributed by atoms with E-state index in [9.17, 15) is 14.4 Å². The summed E-state index contributed by atoms with van der Waals surface area (Å²) in [7, 11) is 0. The number of carbonyl (C=O) groups is 3. The Hall–Kier alpha value is -3.58. The first-order valence-corrected chi connectivity index (χ1v) is 13.9. The van der Waals surface area contributed by atoms with E-state index < -0.39 is 5.92 Å². The first-order valence-electron chi connectivity index (χ1n) is 13.5. The average Bonchev–Trinajstić information content (AvgIpc) is 2.89. The third-order valence-corrected chi connectivity index (χ3v) is 7.75. The van der Waals surface area contributed by atoms with Gasteiger partial charge in [0.15, 0.2) is 29.7 Å². The topological polar surface area (TPSA) is 93.7 Å². The molecule has 2 aromatic rings. The second kappa shape index (κ2) is 11.3. The van der Waals surface area contributed by atoms with Gasteiger partial charge in [0.2, 0.25) is 0 Å². The van der Waals surface area contributed by atoms with Crippen molar-refractivity contribution in [1.82, 2.24) is 5.32 Å². The van der Waals surface area contributed by atoms with Gasteiger partial charge in [-0.3, -0.25) is 14.4 Å². The van der Waals surface area contributed by atoms with Gasteiger partial charge < -0.3 is 20.1 Å². The first-order chi connectivity index (χ1) is 18.8. The number of halogens is 1. The summed E-state index contributed by atoms with van der Waals surface area (Å²) in [6.07, 6.45) is 4.02. The molecule has 2 N–H and O–H groups in total. The molecule has 2 aliphatic carbocycles. The summed E-state index contributed by atoms with van der Waals surface area (Å²) in [5.74, 6) is -0.105. The molecule has 2 aromatic carbocycles. The Morgan fingerprint density at radius 3 is 2.28 bits per heavy atom. The largest absolute Gasteiger partial charge is 0.490 e. The van der Waals surface area contributed by atoms with E-state index in [4.69, 9.17) is 21.1 Å². The number of rotatable bonds is 7. The predicted molar refractivity (Wildman–Crippen MR) is 150 cm³/mol. The Balaban J connectivity index is 1.47. The smallest absolute Gasteiger partial charge is 0.262 e. The molecule has 1 aliphatic heterocycles. The van der Waals surface area contributed by atoms with E-state index in [1.807, 2.05) is 39.0 Å². The molecule has 0 bridgehead atoms. The number of benzene rings is 2. The van der Waals surface area contributed by atoms with Gasteiger partial charge in [-0.05, 0) is 81.3 Å². The third-order valence-electron chi connectivity index (χ3n) is 7.47. The number of Topliss-reactive ketones (excluding diaryl/α,β-unsaturated/α-hetero) is 2. The number of dihydropyridines is 1. The Morgan fingerprint density at radius 2 is 1.64 bits per heavy atom. The van der Waals surface area contributed by atoms with Crippen LogP contribution in [0.3, 0.4) is 0 Å². The molecule has 0 saturated carbocycles. The summed E-state index contributed by atoms with van der Waals surface area (Å²) in [5.41, 5.74) is 6.53. The van der Waals surface area contributed by atoms with Crippen LogP contribution in [0.4, 0.5) is 5.69 Å². The molecule has 0 saturated heterocycles. The number of amides is 1. The lowest BCUT2D eigenvalue weighted by Gasteiger charge is -2.37. The molecule has 3 aliphatic rings. The predicted octanol–water partition coefficient (Wildman–Crippen LogP) is 6.07. The SMILES string of the molecule is CCOc1cc(C2C3=C(CCCC3=O)NC3=C2C(=O)CCC3)cc(Cl)c1OCC(=O)Nc1cc(C)ccc1C. The van der Waals surface area contributed by atoms with Gasteiger partial charge in [-0.1, -0.05) is 23.7 Å². The molecule has 0 spiro atoms. The number of nitrogens with one attached hydrogen (secondary N) is 2. The lowest BCUT2D eigenvalue weighted by molar-refractivity contribution is -0.118. The van der Waals surface area contributed by atoms with E-state index in [2.05, 4.69) is 10.6 Å². The van der Waals surface area contributed by atoms with Crippen LogP contribution < -0.4 is 20.1 Å². The minimum Gasteiger partial charge on any atom is -0.490 e. The molecule has 0 fully saturated rings. The molecular weight excluding hydrogens is 516 g/mol. The standard InChI is InChI=1S/C31H33ClN2O5/c1-4-38-26-15-19(14-20(32)31(26)39-16-27(37)34-23-13-17(2)11-12-18(23)3)28-29-21(7-5-9-24(29)35)33-22-8-6-10-25(36)30(22)28/h11-15,28,33H,4-10,16H2,1-3H3,(H,34,37).